The molecule has 95 valence electrons. The smallest absolute Gasteiger partial charge is 0.329 e. The van der Waals surface area contributed by atoms with Crippen LogP contribution in [-0.2, 0) is 32.9 Å². The van der Waals surface area contributed by atoms with E-state index in [0.717, 1.165) is 0 Å². The monoisotopic (exact) mass is 279 g/mol. The van der Waals surface area contributed by atoms with Gasteiger partial charge in [0.1, 0.15) is 19.8 Å². The predicted molar refractivity (Wildman–Crippen MR) is 44.2 cm³/mol. The topological polar surface area (TPSA) is 173 Å². The molecule has 16 heavy (non-hydrogen) atoms. The van der Waals surface area contributed by atoms with E-state index in [9.17, 15) is 0 Å². The van der Waals surface area contributed by atoms with Crippen LogP contribution in [0.3, 0.4) is 0 Å². The van der Waals surface area contributed by atoms with Crippen molar-refractivity contribution in [1.82, 2.24) is 0 Å². The minimum absolute atomic E-state index is 0. The zero-order valence-electron chi connectivity index (χ0n) is 7.98. The van der Waals surface area contributed by atoms with E-state index in [0.29, 0.717) is 0 Å². The van der Waals surface area contributed by atoms with Crippen LogP contribution in [0.25, 0.3) is 0 Å². The maximum Gasteiger partial charge on any atom is 0.329 e. The van der Waals surface area contributed by atoms with Gasteiger partial charge in [-0.3, -0.25) is 0 Å². The Bertz CT molecular complexity index is 159. The van der Waals surface area contributed by atoms with Crippen LogP contribution < -0.4 is 0 Å². The first kappa shape index (κ1) is 24.2. The van der Waals surface area contributed by atoms with Crippen molar-refractivity contribution in [3.8, 4) is 0 Å². The summed E-state index contributed by atoms with van der Waals surface area (Å²) in [7, 11) is 0. The molecule has 0 aliphatic carbocycles. The molecule has 0 saturated heterocycles. The van der Waals surface area contributed by atoms with Crippen molar-refractivity contribution in [2.75, 3.05) is 19.8 Å². The molecular weight excluding hydrogens is 267 g/mol. The van der Waals surface area contributed by atoms with E-state index in [2.05, 4.69) is 0 Å². The first-order chi connectivity index (χ1) is 6.81. The van der Waals surface area contributed by atoms with Gasteiger partial charge in [-0.1, -0.05) is 0 Å². The third-order valence-corrected chi connectivity index (χ3v) is 0.406. The fourth-order valence-electron chi connectivity index (χ4n) is 0. The van der Waals surface area contributed by atoms with Crippen molar-refractivity contribution in [2.45, 2.75) is 0 Å². The summed E-state index contributed by atoms with van der Waals surface area (Å²) in [6.07, 6.45) is 0. The van der Waals surface area contributed by atoms with Crippen LogP contribution in [0, 0.1) is 0 Å². The number of hydrogen-bond donors (Lipinski definition) is 6. The number of aliphatic hydroxyl groups is 3. The molecule has 0 unspecified atom stereocenters. The molecule has 0 heterocycles. The molecule has 0 aromatic heterocycles. The number of rotatable bonds is 3. The van der Waals surface area contributed by atoms with Crippen LogP contribution in [-0.4, -0.2) is 68.4 Å². The standard InChI is InChI=1S/3C2H4O3.V/c3*3-1-2(4)5;/h3*3H,1H2,(H,4,5);. The number of aliphatic hydroxyl groups excluding tert-OH is 3. The van der Waals surface area contributed by atoms with Gasteiger partial charge in [-0.2, -0.15) is 0 Å². The molecule has 0 rings (SSSR count). The van der Waals surface area contributed by atoms with Crippen LogP contribution in [0.15, 0.2) is 0 Å². The summed E-state index contributed by atoms with van der Waals surface area (Å²) in [5.41, 5.74) is 0. The molecule has 0 aromatic carbocycles. The third kappa shape index (κ3) is 76.4. The Kier molecular flexibility index (Phi) is 29.4. The summed E-state index contributed by atoms with van der Waals surface area (Å²) < 4.78 is 0. The Morgan fingerprint density at radius 3 is 0.688 bits per heavy atom. The van der Waals surface area contributed by atoms with Gasteiger partial charge in [-0.25, -0.2) is 14.4 Å². The summed E-state index contributed by atoms with van der Waals surface area (Å²) in [5, 5.41) is 45.0. The van der Waals surface area contributed by atoms with Crippen molar-refractivity contribution in [3.63, 3.8) is 0 Å². The molecule has 10 heteroatoms. The van der Waals surface area contributed by atoms with Crippen LogP contribution in [0.4, 0.5) is 0 Å². The van der Waals surface area contributed by atoms with Gasteiger partial charge in [0.25, 0.3) is 0 Å². The van der Waals surface area contributed by atoms with Gasteiger partial charge < -0.3 is 30.6 Å². The Balaban J connectivity index is -0.0000000655. The van der Waals surface area contributed by atoms with Crippen molar-refractivity contribution in [1.29, 1.82) is 0 Å². The summed E-state index contributed by atoms with van der Waals surface area (Å²) in [6.45, 7) is -2.33. The van der Waals surface area contributed by atoms with Gasteiger partial charge in [-0.15, -0.1) is 0 Å². The molecule has 0 aliphatic heterocycles. The van der Waals surface area contributed by atoms with E-state index in [1.165, 1.54) is 0 Å². The van der Waals surface area contributed by atoms with E-state index in [-0.39, 0.29) is 18.6 Å². The molecule has 1 radical (unpaired) electrons. The average Bonchev–Trinajstić information content (AvgIpc) is 2.19. The maximum atomic E-state index is 9.12. The molecule has 0 bridgehead atoms. The first-order valence-electron chi connectivity index (χ1n) is 3.29. The van der Waals surface area contributed by atoms with Crippen LogP contribution in [0.2, 0.25) is 0 Å². The maximum absolute atomic E-state index is 9.12. The summed E-state index contributed by atoms with van der Waals surface area (Å²) in [4.78, 5) is 27.4. The van der Waals surface area contributed by atoms with Gasteiger partial charge in [0, 0.05) is 18.6 Å². The first-order valence-corrected chi connectivity index (χ1v) is 3.29. The van der Waals surface area contributed by atoms with E-state index >= 15 is 0 Å². The molecule has 0 amide bonds. The number of hydrogen-bond acceptors (Lipinski definition) is 6. The molecular formula is C6H12O9V. The summed E-state index contributed by atoms with van der Waals surface area (Å²) in [5.74, 6) is -3.57. The second-order valence-electron chi connectivity index (χ2n) is 1.66. The fourth-order valence-corrected chi connectivity index (χ4v) is 0. The second-order valence-corrected chi connectivity index (χ2v) is 1.66. The third-order valence-electron chi connectivity index (χ3n) is 0.406. The van der Waals surface area contributed by atoms with Crippen molar-refractivity contribution >= 4 is 17.9 Å². The van der Waals surface area contributed by atoms with Crippen molar-refractivity contribution in [3.05, 3.63) is 0 Å². The molecule has 0 aliphatic rings. The van der Waals surface area contributed by atoms with Crippen molar-refractivity contribution < 1.29 is 63.6 Å². The summed E-state index contributed by atoms with van der Waals surface area (Å²) in [6, 6.07) is 0. The molecule has 9 nitrogen and oxygen atoms in total. The molecule has 0 aromatic rings. The average molecular weight is 279 g/mol. The fraction of sp³-hybridized carbons (Fsp3) is 0.500. The number of carbonyl (C=O) groups is 3. The van der Waals surface area contributed by atoms with Gasteiger partial charge in [0.15, 0.2) is 0 Å². The largest absolute Gasteiger partial charge is 0.480 e. The zero-order chi connectivity index (χ0) is 12.9. The molecule has 0 fully saturated rings. The van der Waals surface area contributed by atoms with Gasteiger partial charge >= 0.3 is 17.9 Å². The molecule has 0 atom stereocenters. The van der Waals surface area contributed by atoms with E-state index < -0.39 is 37.7 Å². The molecule has 0 saturated carbocycles. The Morgan fingerprint density at radius 1 is 0.625 bits per heavy atom. The number of carboxylic acid groups (broad SMARTS) is 3. The van der Waals surface area contributed by atoms with E-state index in [4.69, 9.17) is 45.0 Å². The van der Waals surface area contributed by atoms with Gasteiger partial charge in [0.05, 0.1) is 0 Å². The Hall–Kier alpha value is -1.13. The van der Waals surface area contributed by atoms with Crippen LogP contribution in [0.1, 0.15) is 0 Å². The SMILES string of the molecule is O=C(O)CO.O=C(O)CO.O=C(O)CO.[V]. The summed E-state index contributed by atoms with van der Waals surface area (Å²) >= 11 is 0. The van der Waals surface area contributed by atoms with Gasteiger partial charge in [0.2, 0.25) is 0 Å². The zero-order valence-corrected chi connectivity index (χ0v) is 9.37. The van der Waals surface area contributed by atoms with Crippen LogP contribution in [0.5, 0.6) is 0 Å². The molecule has 6 N–H and O–H groups in total. The van der Waals surface area contributed by atoms with Gasteiger partial charge in [-0.05, 0) is 0 Å². The van der Waals surface area contributed by atoms with E-state index in [1.54, 1.807) is 0 Å². The Labute approximate surface area is 102 Å². The van der Waals surface area contributed by atoms with Crippen LogP contribution >= 0.6 is 0 Å². The quantitative estimate of drug-likeness (QED) is 0.318. The number of carboxylic acids is 3. The predicted octanol–water partition coefficient (Wildman–Crippen LogP) is -2.81. The molecule has 0 spiro atoms. The normalized spacial score (nSPS) is 6.94. The Morgan fingerprint density at radius 2 is 0.688 bits per heavy atom. The van der Waals surface area contributed by atoms with E-state index in [1.807, 2.05) is 0 Å². The minimum Gasteiger partial charge on any atom is -0.480 e. The number of aliphatic carboxylic acids is 3. The minimum atomic E-state index is -1.19. The second kappa shape index (κ2) is 19.4. The van der Waals surface area contributed by atoms with Crippen molar-refractivity contribution in [2.24, 2.45) is 0 Å².